The quantitative estimate of drug-likeness (QED) is 0.894. The van der Waals surface area contributed by atoms with Crippen LogP contribution < -0.4 is 10.5 Å². The van der Waals surface area contributed by atoms with Gasteiger partial charge in [-0.25, -0.2) is 4.39 Å². The van der Waals surface area contributed by atoms with Gasteiger partial charge in [-0.3, -0.25) is 0 Å². The first-order valence-corrected chi connectivity index (χ1v) is 7.11. The molecule has 1 fully saturated rings. The fourth-order valence-electron chi connectivity index (χ4n) is 2.93. The van der Waals surface area contributed by atoms with Gasteiger partial charge in [-0.05, 0) is 31.4 Å². The van der Waals surface area contributed by atoms with Gasteiger partial charge in [0.15, 0.2) is 11.6 Å². The van der Waals surface area contributed by atoms with Gasteiger partial charge in [0.2, 0.25) is 0 Å². The van der Waals surface area contributed by atoms with Crippen LogP contribution in [0.4, 0.5) is 4.39 Å². The fraction of sp³-hybridized carbons (Fsp3) is 0.571. The molecular weight excluding hydrogens is 297 g/mol. The third kappa shape index (κ3) is 2.28. The van der Waals surface area contributed by atoms with Crippen LogP contribution in [0, 0.1) is 12.7 Å². The molecule has 2 N–H and O–H groups in total. The molecule has 18 heavy (non-hydrogen) atoms. The topological polar surface area (TPSA) is 35.2 Å². The number of methoxy groups -OCH3 is 1. The van der Waals surface area contributed by atoms with E-state index in [1.165, 1.54) is 19.6 Å². The molecule has 1 aromatic rings. The highest BCUT2D eigenvalue weighted by atomic mass is 79.9. The highest BCUT2D eigenvalue weighted by Gasteiger charge is 2.35. The molecule has 0 bridgehead atoms. The third-order valence-corrected chi connectivity index (χ3v) is 4.70. The number of nitrogens with two attached hydrogens (primary N) is 1. The lowest BCUT2D eigenvalue weighted by molar-refractivity contribution is 0.282. The normalized spacial score (nSPS) is 18.7. The molecule has 1 aromatic carbocycles. The molecule has 0 saturated heterocycles. The monoisotopic (exact) mass is 315 g/mol. The fourth-order valence-corrected chi connectivity index (χ4v) is 3.33. The minimum absolute atomic E-state index is 0.306. The van der Waals surface area contributed by atoms with Gasteiger partial charge >= 0.3 is 0 Å². The molecule has 1 aliphatic carbocycles. The number of ether oxygens (including phenoxy) is 1. The number of hydrogen-bond donors (Lipinski definition) is 1. The van der Waals surface area contributed by atoms with Gasteiger partial charge in [-0.2, -0.15) is 0 Å². The lowest BCUT2D eigenvalue weighted by Gasteiger charge is -2.36. The molecule has 100 valence electrons. The number of rotatable bonds is 2. The summed E-state index contributed by atoms with van der Waals surface area (Å²) in [4.78, 5) is 0. The number of hydrogen-bond acceptors (Lipinski definition) is 2. The van der Waals surface area contributed by atoms with Crippen LogP contribution >= 0.6 is 15.9 Å². The maximum absolute atomic E-state index is 14.0. The van der Waals surface area contributed by atoms with E-state index in [1.54, 1.807) is 0 Å². The molecule has 1 saturated carbocycles. The van der Waals surface area contributed by atoms with Crippen molar-refractivity contribution >= 4 is 15.9 Å². The van der Waals surface area contributed by atoms with Crippen LogP contribution in [0.1, 0.15) is 43.2 Å². The molecular formula is C14H19BrFNO. The van der Waals surface area contributed by atoms with Crippen molar-refractivity contribution < 1.29 is 9.13 Å². The number of halogens is 2. The Hall–Kier alpha value is -0.610. The van der Waals surface area contributed by atoms with Crippen LogP contribution in [0.3, 0.4) is 0 Å². The highest BCUT2D eigenvalue weighted by Crippen LogP contribution is 2.44. The average Bonchev–Trinajstić information content (AvgIpc) is 2.34. The zero-order valence-corrected chi connectivity index (χ0v) is 12.4. The van der Waals surface area contributed by atoms with E-state index in [9.17, 15) is 4.39 Å². The number of benzene rings is 1. The van der Waals surface area contributed by atoms with Crippen LogP contribution in [0.15, 0.2) is 10.5 Å². The van der Waals surface area contributed by atoms with Gasteiger partial charge in [0.25, 0.3) is 0 Å². The predicted molar refractivity (Wildman–Crippen MR) is 74.3 cm³/mol. The predicted octanol–water partition coefficient (Wildman–Crippen LogP) is 4.02. The second-order valence-corrected chi connectivity index (χ2v) is 5.94. The van der Waals surface area contributed by atoms with Gasteiger partial charge in [-0.1, -0.05) is 35.2 Å². The Balaban J connectivity index is 2.60. The van der Waals surface area contributed by atoms with Crippen LogP contribution in [0.5, 0.6) is 5.75 Å². The zero-order chi connectivity index (χ0) is 13.3. The van der Waals surface area contributed by atoms with E-state index in [-0.39, 0.29) is 5.82 Å². The summed E-state index contributed by atoms with van der Waals surface area (Å²) in [5, 5.41) is 0. The van der Waals surface area contributed by atoms with Crippen molar-refractivity contribution in [2.75, 3.05) is 7.11 Å². The highest BCUT2D eigenvalue weighted by molar-refractivity contribution is 9.10. The Kier molecular flexibility index (Phi) is 3.97. The van der Waals surface area contributed by atoms with E-state index in [0.29, 0.717) is 5.75 Å². The second-order valence-electron chi connectivity index (χ2n) is 5.09. The molecule has 0 amide bonds. The van der Waals surface area contributed by atoms with Gasteiger partial charge in [0, 0.05) is 15.6 Å². The van der Waals surface area contributed by atoms with Crippen molar-refractivity contribution in [3.63, 3.8) is 0 Å². The van der Waals surface area contributed by atoms with E-state index >= 15 is 0 Å². The molecule has 0 heterocycles. The Bertz CT molecular complexity index is 456. The minimum atomic E-state index is -0.460. The maximum Gasteiger partial charge on any atom is 0.166 e. The lowest BCUT2D eigenvalue weighted by Crippen LogP contribution is -2.39. The van der Waals surface area contributed by atoms with Crippen molar-refractivity contribution in [1.29, 1.82) is 0 Å². The van der Waals surface area contributed by atoms with E-state index in [1.807, 2.05) is 6.92 Å². The van der Waals surface area contributed by atoms with Crippen molar-refractivity contribution in [3.8, 4) is 5.75 Å². The summed E-state index contributed by atoms with van der Waals surface area (Å²) in [6.45, 7) is 1.96. The summed E-state index contributed by atoms with van der Waals surface area (Å²) in [7, 11) is 1.50. The Morgan fingerprint density at radius 2 is 1.94 bits per heavy atom. The summed E-state index contributed by atoms with van der Waals surface area (Å²) in [5.74, 6) is -0.0412. The van der Waals surface area contributed by atoms with E-state index in [0.717, 1.165) is 41.3 Å². The van der Waals surface area contributed by atoms with E-state index in [4.69, 9.17) is 10.5 Å². The first-order chi connectivity index (χ1) is 8.49. The van der Waals surface area contributed by atoms with Gasteiger partial charge in [0.05, 0.1) is 7.11 Å². The maximum atomic E-state index is 14.0. The van der Waals surface area contributed by atoms with E-state index < -0.39 is 5.54 Å². The Morgan fingerprint density at radius 3 is 2.50 bits per heavy atom. The van der Waals surface area contributed by atoms with Crippen LogP contribution in [0.25, 0.3) is 0 Å². The summed E-state index contributed by atoms with van der Waals surface area (Å²) >= 11 is 3.40. The van der Waals surface area contributed by atoms with Crippen LogP contribution in [-0.2, 0) is 5.54 Å². The minimum Gasteiger partial charge on any atom is -0.493 e. The van der Waals surface area contributed by atoms with E-state index in [2.05, 4.69) is 15.9 Å². The second kappa shape index (κ2) is 5.17. The summed E-state index contributed by atoms with van der Waals surface area (Å²) in [5.41, 5.74) is 7.88. The molecule has 0 aromatic heterocycles. The summed E-state index contributed by atoms with van der Waals surface area (Å²) < 4.78 is 20.0. The third-order valence-electron chi connectivity index (χ3n) is 3.88. The smallest absolute Gasteiger partial charge is 0.166 e. The molecule has 0 spiro atoms. The summed E-state index contributed by atoms with van der Waals surface area (Å²) in [6, 6.07) is 1.45. The van der Waals surface area contributed by atoms with Crippen molar-refractivity contribution in [1.82, 2.24) is 0 Å². The average molecular weight is 316 g/mol. The van der Waals surface area contributed by atoms with Crippen LogP contribution in [0.2, 0.25) is 0 Å². The molecule has 1 aliphatic rings. The van der Waals surface area contributed by atoms with Gasteiger partial charge in [-0.15, -0.1) is 0 Å². The van der Waals surface area contributed by atoms with Crippen molar-refractivity contribution in [2.24, 2.45) is 5.73 Å². The molecule has 0 aliphatic heterocycles. The molecule has 0 radical (unpaired) electrons. The van der Waals surface area contributed by atoms with Crippen molar-refractivity contribution in [3.05, 3.63) is 27.5 Å². The molecule has 4 heteroatoms. The molecule has 0 atom stereocenters. The SMILES string of the molecule is COc1c(F)cc(Br)c(C)c1C1(N)CCCCC1. The summed E-state index contributed by atoms with van der Waals surface area (Å²) in [6.07, 6.45) is 5.16. The van der Waals surface area contributed by atoms with Crippen LogP contribution in [-0.4, -0.2) is 7.11 Å². The largest absolute Gasteiger partial charge is 0.493 e. The Morgan fingerprint density at radius 1 is 1.33 bits per heavy atom. The van der Waals surface area contributed by atoms with Gasteiger partial charge < -0.3 is 10.5 Å². The molecule has 2 rings (SSSR count). The Labute approximate surface area is 116 Å². The first kappa shape index (κ1) is 13.8. The molecule has 0 unspecified atom stereocenters. The first-order valence-electron chi connectivity index (χ1n) is 6.31. The van der Waals surface area contributed by atoms with Crippen molar-refractivity contribution in [2.45, 2.75) is 44.6 Å². The molecule has 2 nitrogen and oxygen atoms in total. The zero-order valence-electron chi connectivity index (χ0n) is 10.9. The lowest BCUT2D eigenvalue weighted by atomic mass is 9.75. The van der Waals surface area contributed by atoms with Gasteiger partial charge in [0.1, 0.15) is 0 Å². The standard InChI is InChI=1S/C14H19BrFNO/c1-9-10(15)8-11(16)13(18-2)12(9)14(17)6-4-3-5-7-14/h8H,3-7,17H2,1-2H3.